The van der Waals surface area contributed by atoms with Gasteiger partial charge in [0.25, 0.3) is 0 Å². The van der Waals surface area contributed by atoms with Gasteiger partial charge in [0.15, 0.2) is 0 Å². The van der Waals surface area contributed by atoms with Gasteiger partial charge in [-0.05, 0) is 32.2 Å². The zero-order valence-corrected chi connectivity index (χ0v) is 12.5. The Morgan fingerprint density at radius 2 is 2.05 bits per heavy atom. The summed E-state index contributed by atoms with van der Waals surface area (Å²) in [4.78, 5) is 20.8. The fraction of sp³-hybridized carbons (Fsp3) is 0.733. The Morgan fingerprint density at radius 1 is 1.30 bits per heavy atom. The first-order valence-electron chi connectivity index (χ1n) is 7.64. The lowest BCUT2D eigenvalue weighted by molar-refractivity contribution is -0.130. The maximum Gasteiger partial charge on any atom is 0.219 e. The highest BCUT2D eigenvalue weighted by Crippen LogP contribution is 2.30. The summed E-state index contributed by atoms with van der Waals surface area (Å²) in [6.07, 6.45) is 8.60. The number of imidazole rings is 1. The predicted octanol–water partition coefficient (Wildman–Crippen LogP) is 1.40. The molecular weight excluding hydrogens is 252 g/mol. The average Bonchev–Trinajstić information content (AvgIpc) is 3.11. The molecule has 3 rings (SSSR count). The zero-order chi connectivity index (χ0) is 14.1. The summed E-state index contributed by atoms with van der Waals surface area (Å²) in [7, 11) is 2.05. The first-order chi connectivity index (χ1) is 9.66. The molecule has 0 spiro atoms. The van der Waals surface area contributed by atoms with E-state index in [0.29, 0.717) is 12.1 Å². The highest BCUT2D eigenvalue weighted by Gasteiger charge is 2.38. The number of nitrogens with zero attached hydrogens (tertiary/aromatic N) is 4. The molecule has 0 saturated carbocycles. The molecule has 0 bridgehead atoms. The van der Waals surface area contributed by atoms with E-state index in [0.717, 1.165) is 38.3 Å². The summed E-state index contributed by atoms with van der Waals surface area (Å²) in [5.41, 5.74) is 0. The molecule has 2 saturated heterocycles. The van der Waals surface area contributed by atoms with Gasteiger partial charge in [-0.15, -0.1) is 0 Å². The van der Waals surface area contributed by atoms with Crippen molar-refractivity contribution in [3.8, 4) is 0 Å². The topological polar surface area (TPSA) is 41.4 Å². The molecule has 2 aliphatic heterocycles. The van der Waals surface area contributed by atoms with Crippen molar-refractivity contribution in [1.29, 1.82) is 0 Å². The first-order valence-corrected chi connectivity index (χ1v) is 7.64. The first kappa shape index (κ1) is 13.6. The summed E-state index contributed by atoms with van der Waals surface area (Å²) < 4.78 is 2.09. The lowest BCUT2D eigenvalue weighted by Gasteiger charge is -2.34. The van der Waals surface area contributed by atoms with Crippen LogP contribution in [0.5, 0.6) is 0 Å². The maximum atomic E-state index is 11.8. The van der Waals surface area contributed by atoms with Crippen LogP contribution in [0.3, 0.4) is 0 Å². The highest BCUT2D eigenvalue weighted by molar-refractivity contribution is 5.74. The number of carbonyl (C=O) groups is 1. The summed E-state index contributed by atoms with van der Waals surface area (Å²) in [5, 5.41) is 0. The van der Waals surface area contributed by atoms with Gasteiger partial charge in [-0.1, -0.05) is 0 Å². The molecule has 2 aliphatic rings. The average molecular weight is 276 g/mol. The van der Waals surface area contributed by atoms with Gasteiger partial charge in [-0.3, -0.25) is 9.69 Å². The van der Waals surface area contributed by atoms with Crippen molar-refractivity contribution in [1.82, 2.24) is 19.4 Å². The van der Waals surface area contributed by atoms with Gasteiger partial charge in [-0.2, -0.15) is 0 Å². The van der Waals surface area contributed by atoms with Crippen LogP contribution in [0.4, 0.5) is 0 Å². The Labute approximate surface area is 120 Å². The molecule has 110 valence electrons. The van der Waals surface area contributed by atoms with Crippen LogP contribution in [-0.4, -0.2) is 50.4 Å². The molecule has 0 radical (unpaired) electrons. The van der Waals surface area contributed by atoms with Crippen LogP contribution in [0.1, 0.15) is 38.4 Å². The van der Waals surface area contributed by atoms with Gasteiger partial charge in [0.2, 0.25) is 5.91 Å². The molecule has 2 fully saturated rings. The van der Waals surface area contributed by atoms with Crippen molar-refractivity contribution in [2.45, 2.75) is 51.2 Å². The van der Waals surface area contributed by atoms with E-state index in [-0.39, 0.29) is 5.91 Å². The quantitative estimate of drug-likeness (QED) is 0.838. The minimum absolute atomic E-state index is 0.233. The molecule has 5 heteroatoms. The molecule has 1 amide bonds. The van der Waals surface area contributed by atoms with Crippen LogP contribution in [0, 0.1) is 0 Å². The number of aryl methyl sites for hydroxylation is 1. The van der Waals surface area contributed by atoms with Gasteiger partial charge in [0.05, 0.1) is 6.54 Å². The molecule has 1 aromatic heterocycles. The van der Waals surface area contributed by atoms with Crippen LogP contribution in [0.2, 0.25) is 0 Å². The second kappa shape index (κ2) is 5.56. The molecule has 5 nitrogen and oxygen atoms in total. The Bertz CT molecular complexity index is 484. The number of rotatable bonds is 3. The molecule has 3 heterocycles. The number of carbonyl (C=O) groups excluding carboxylic acids is 1. The Kier molecular flexibility index (Phi) is 3.78. The van der Waals surface area contributed by atoms with Crippen molar-refractivity contribution in [3.63, 3.8) is 0 Å². The van der Waals surface area contributed by atoms with E-state index in [1.807, 2.05) is 19.4 Å². The minimum atomic E-state index is 0.233. The van der Waals surface area contributed by atoms with Crippen molar-refractivity contribution < 1.29 is 4.79 Å². The number of hydrogen-bond acceptors (Lipinski definition) is 3. The van der Waals surface area contributed by atoms with E-state index in [2.05, 4.69) is 19.4 Å². The van der Waals surface area contributed by atoms with E-state index < -0.39 is 0 Å². The third-order valence-electron chi connectivity index (χ3n) is 4.83. The van der Waals surface area contributed by atoms with Crippen molar-refractivity contribution in [2.24, 2.45) is 7.05 Å². The summed E-state index contributed by atoms with van der Waals surface area (Å²) in [5.74, 6) is 1.35. The largest absolute Gasteiger partial charge is 0.338 e. The monoisotopic (exact) mass is 276 g/mol. The summed E-state index contributed by atoms with van der Waals surface area (Å²) in [6.45, 7) is 4.67. The van der Waals surface area contributed by atoms with Crippen LogP contribution < -0.4 is 0 Å². The number of amides is 1. The molecule has 0 unspecified atom stereocenters. The van der Waals surface area contributed by atoms with Crippen molar-refractivity contribution in [2.75, 3.05) is 13.1 Å². The second-order valence-corrected chi connectivity index (χ2v) is 6.06. The van der Waals surface area contributed by atoms with E-state index in [4.69, 9.17) is 0 Å². The number of likely N-dealkylation sites (tertiary alicyclic amines) is 2. The summed E-state index contributed by atoms with van der Waals surface area (Å²) >= 11 is 0. The standard InChI is InChI=1S/C15H24N4O/c1-12(20)19-9-4-6-14(19)13-5-3-8-18(13)11-15-16-7-10-17(15)2/h7,10,13-14H,3-6,8-9,11H2,1-2H3/t13-,14+/m1/s1. The van der Waals surface area contributed by atoms with Gasteiger partial charge < -0.3 is 9.47 Å². The molecule has 0 N–H and O–H groups in total. The van der Waals surface area contributed by atoms with Crippen molar-refractivity contribution in [3.05, 3.63) is 18.2 Å². The molecular formula is C15H24N4O. The number of hydrogen-bond donors (Lipinski definition) is 0. The highest BCUT2D eigenvalue weighted by atomic mass is 16.2. The van der Waals surface area contributed by atoms with E-state index in [1.54, 1.807) is 6.92 Å². The van der Waals surface area contributed by atoms with Crippen molar-refractivity contribution >= 4 is 5.91 Å². The molecule has 20 heavy (non-hydrogen) atoms. The lowest BCUT2D eigenvalue weighted by atomic mass is 10.0. The fourth-order valence-corrected chi connectivity index (χ4v) is 3.80. The Hall–Kier alpha value is -1.36. The van der Waals surface area contributed by atoms with Gasteiger partial charge in [0, 0.05) is 45.0 Å². The van der Waals surface area contributed by atoms with Crippen LogP contribution in [0.25, 0.3) is 0 Å². The van der Waals surface area contributed by atoms with E-state index in [1.165, 1.54) is 12.8 Å². The van der Waals surface area contributed by atoms with Crippen LogP contribution >= 0.6 is 0 Å². The third-order valence-corrected chi connectivity index (χ3v) is 4.83. The zero-order valence-electron chi connectivity index (χ0n) is 12.5. The minimum Gasteiger partial charge on any atom is -0.338 e. The Morgan fingerprint density at radius 3 is 2.75 bits per heavy atom. The second-order valence-electron chi connectivity index (χ2n) is 6.06. The van der Waals surface area contributed by atoms with Gasteiger partial charge >= 0.3 is 0 Å². The SMILES string of the molecule is CC(=O)N1CCC[C@H]1[C@H]1CCCN1Cc1nccn1C. The Balaban J connectivity index is 1.72. The normalized spacial score (nSPS) is 27.4. The van der Waals surface area contributed by atoms with Crippen LogP contribution in [0.15, 0.2) is 12.4 Å². The summed E-state index contributed by atoms with van der Waals surface area (Å²) in [6, 6.07) is 0.924. The molecule has 0 aromatic carbocycles. The van der Waals surface area contributed by atoms with Crippen LogP contribution in [-0.2, 0) is 18.4 Å². The molecule has 2 atom stereocenters. The maximum absolute atomic E-state index is 11.8. The number of aromatic nitrogens is 2. The predicted molar refractivity (Wildman–Crippen MR) is 77.0 cm³/mol. The smallest absolute Gasteiger partial charge is 0.219 e. The molecule has 0 aliphatic carbocycles. The third kappa shape index (κ3) is 2.46. The van der Waals surface area contributed by atoms with E-state index in [9.17, 15) is 4.79 Å². The van der Waals surface area contributed by atoms with E-state index >= 15 is 0 Å². The fourth-order valence-electron chi connectivity index (χ4n) is 3.80. The van der Waals surface area contributed by atoms with Gasteiger partial charge in [0.1, 0.15) is 5.82 Å². The molecule has 1 aromatic rings. The van der Waals surface area contributed by atoms with Gasteiger partial charge in [-0.25, -0.2) is 4.98 Å². The lowest BCUT2D eigenvalue weighted by Crippen LogP contribution is -2.47.